The summed E-state index contributed by atoms with van der Waals surface area (Å²) >= 11 is 3.42. The van der Waals surface area contributed by atoms with Crippen LogP contribution in [0.3, 0.4) is 0 Å². The van der Waals surface area contributed by atoms with E-state index >= 15 is 0 Å². The zero-order valence-corrected chi connectivity index (χ0v) is 12.5. The van der Waals surface area contributed by atoms with Crippen LogP contribution < -0.4 is 0 Å². The Morgan fingerprint density at radius 3 is 1.47 bits per heavy atom. The van der Waals surface area contributed by atoms with Gasteiger partial charge >= 0.3 is 0 Å². The molecule has 0 heterocycles. The topological polar surface area (TPSA) is 9.23 Å². The molecule has 0 spiro atoms. The van der Waals surface area contributed by atoms with Crippen LogP contribution in [-0.4, -0.2) is 11.5 Å². The van der Waals surface area contributed by atoms with Gasteiger partial charge in [0.15, 0.2) is 0 Å². The lowest BCUT2D eigenvalue weighted by atomic mass is 9.91. The molecule has 0 N–H and O–H groups in total. The Morgan fingerprint density at radius 2 is 1.06 bits per heavy atom. The summed E-state index contributed by atoms with van der Waals surface area (Å²) in [6.07, 6.45) is 14.4. The van der Waals surface area contributed by atoms with Gasteiger partial charge in [0.1, 0.15) is 0 Å². The second kappa shape index (κ2) is 8.71. The highest BCUT2D eigenvalue weighted by Gasteiger charge is 2.15. The van der Waals surface area contributed by atoms with Crippen molar-refractivity contribution in [2.75, 3.05) is 11.5 Å². The largest absolute Gasteiger partial charge is 0.247 e. The molecule has 2 aliphatic carbocycles. The molecule has 2 saturated carbocycles. The Morgan fingerprint density at radius 1 is 0.647 bits per heavy atom. The van der Waals surface area contributed by atoms with Crippen LogP contribution in [0.1, 0.15) is 64.2 Å². The van der Waals surface area contributed by atoms with Crippen LogP contribution in [0, 0.1) is 11.8 Å². The van der Waals surface area contributed by atoms with Gasteiger partial charge in [0.25, 0.3) is 0 Å². The summed E-state index contributed by atoms with van der Waals surface area (Å²) < 4.78 is 5.67. The smallest absolute Gasteiger partial charge is 0.0238 e. The number of hydrogen-bond acceptors (Lipinski definition) is 3. The van der Waals surface area contributed by atoms with E-state index in [2.05, 4.69) is 0 Å². The van der Waals surface area contributed by atoms with Gasteiger partial charge in [-0.05, 0) is 37.5 Å². The Balaban J connectivity index is 1.42. The SMILES string of the molecule is C1CCC(CSOSCC2CCCCC2)CC1. The second-order valence-electron chi connectivity index (χ2n) is 5.65. The van der Waals surface area contributed by atoms with Crippen molar-refractivity contribution in [1.82, 2.24) is 0 Å². The summed E-state index contributed by atoms with van der Waals surface area (Å²) in [4.78, 5) is 0. The highest BCUT2D eigenvalue weighted by molar-refractivity contribution is 8.07. The average Bonchev–Trinajstić information content (AvgIpc) is 2.41. The Bertz CT molecular complexity index is 167. The maximum atomic E-state index is 5.67. The summed E-state index contributed by atoms with van der Waals surface area (Å²) in [5, 5.41) is 0. The lowest BCUT2D eigenvalue weighted by Gasteiger charge is -2.21. The van der Waals surface area contributed by atoms with Crippen LogP contribution in [0.2, 0.25) is 0 Å². The van der Waals surface area contributed by atoms with Gasteiger partial charge in [-0.2, -0.15) is 0 Å². The third-order valence-electron chi connectivity index (χ3n) is 4.15. The van der Waals surface area contributed by atoms with Gasteiger partial charge in [0.05, 0.1) is 0 Å². The van der Waals surface area contributed by atoms with E-state index in [-0.39, 0.29) is 0 Å². The van der Waals surface area contributed by atoms with E-state index in [1.54, 1.807) is 24.1 Å². The number of rotatable bonds is 6. The molecule has 2 aliphatic rings. The maximum absolute atomic E-state index is 5.67. The number of hydrogen-bond donors (Lipinski definition) is 0. The minimum Gasteiger partial charge on any atom is -0.247 e. The molecular formula is C14H26OS2. The van der Waals surface area contributed by atoms with Gasteiger partial charge in [-0.25, -0.2) is 3.63 Å². The summed E-state index contributed by atoms with van der Waals surface area (Å²) in [5.74, 6) is 4.31. The van der Waals surface area contributed by atoms with Crippen LogP contribution in [-0.2, 0) is 3.63 Å². The summed E-state index contributed by atoms with van der Waals surface area (Å²) in [5.41, 5.74) is 0. The standard InChI is InChI=1S/C14H26OS2/c1-3-7-13(8-4-1)11-16-15-17-12-14-9-5-2-6-10-14/h13-14H,1-12H2. The summed E-state index contributed by atoms with van der Waals surface area (Å²) in [6.45, 7) is 0. The fourth-order valence-corrected chi connectivity index (χ4v) is 4.76. The molecule has 0 atom stereocenters. The van der Waals surface area contributed by atoms with Crippen molar-refractivity contribution in [3.63, 3.8) is 0 Å². The first-order valence-corrected chi connectivity index (χ1v) is 9.18. The highest BCUT2D eigenvalue weighted by atomic mass is 32.2. The van der Waals surface area contributed by atoms with Crippen molar-refractivity contribution in [3.05, 3.63) is 0 Å². The fraction of sp³-hybridized carbons (Fsp3) is 1.00. The normalized spacial score (nSPS) is 24.0. The van der Waals surface area contributed by atoms with Crippen LogP contribution >= 0.6 is 24.1 Å². The van der Waals surface area contributed by atoms with E-state index in [0.717, 1.165) is 11.8 Å². The quantitative estimate of drug-likeness (QED) is 0.470. The van der Waals surface area contributed by atoms with Gasteiger partial charge in [0.2, 0.25) is 0 Å². The minimum atomic E-state index is 0.934. The van der Waals surface area contributed by atoms with E-state index in [1.165, 1.54) is 75.7 Å². The molecule has 0 radical (unpaired) electrons. The van der Waals surface area contributed by atoms with E-state index in [9.17, 15) is 0 Å². The first kappa shape index (κ1) is 14.1. The molecule has 0 saturated heterocycles. The third kappa shape index (κ3) is 5.89. The van der Waals surface area contributed by atoms with Gasteiger partial charge < -0.3 is 0 Å². The molecule has 3 heteroatoms. The van der Waals surface area contributed by atoms with Gasteiger partial charge in [-0.15, -0.1) is 0 Å². The molecule has 0 aliphatic heterocycles. The van der Waals surface area contributed by atoms with E-state index in [1.807, 2.05) is 0 Å². The highest BCUT2D eigenvalue weighted by Crippen LogP contribution is 2.31. The predicted molar refractivity (Wildman–Crippen MR) is 79.2 cm³/mol. The van der Waals surface area contributed by atoms with Gasteiger partial charge in [-0.3, -0.25) is 0 Å². The molecule has 0 aromatic carbocycles. The second-order valence-corrected chi connectivity index (χ2v) is 7.33. The van der Waals surface area contributed by atoms with Crippen molar-refractivity contribution in [2.24, 2.45) is 11.8 Å². The first-order chi connectivity index (χ1) is 8.45. The minimum absolute atomic E-state index is 0.934. The summed E-state index contributed by atoms with van der Waals surface area (Å²) in [7, 11) is 0. The first-order valence-electron chi connectivity index (χ1n) is 7.36. The van der Waals surface area contributed by atoms with Crippen LogP contribution in [0.15, 0.2) is 0 Å². The lowest BCUT2D eigenvalue weighted by molar-refractivity contribution is 0.386. The molecule has 17 heavy (non-hydrogen) atoms. The van der Waals surface area contributed by atoms with E-state index in [0.29, 0.717) is 0 Å². The van der Waals surface area contributed by atoms with Gasteiger partial charge in [-0.1, -0.05) is 38.5 Å². The Labute approximate surface area is 115 Å². The van der Waals surface area contributed by atoms with Crippen molar-refractivity contribution in [3.8, 4) is 0 Å². The third-order valence-corrected chi connectivity index (χ3v) is 6.14. The fourth-order valence-electron chi connectivity index (χ4n) is 2.99. The summed E-state index contributed by atoms with van der Waals surface area (Å²) in [6, 6.07) is 0. The van der Waals surface area contributed by atoms with Crippen LogP contribution in [0.5, 0.6) is 0 Å². The van der Waals surface area contributed by atoms with Crippen LogP contribution in [0.4, 0.5) is 0 Å². The Hall–Kier alpha value is 0.660. The molecule has 0 aromatic heterocycles. The van der Waals surface area contributed by atoms with Crippen molar-refractivity contribution < 1.29 is 3.63 Å². The van der Waals surface area contributed by atoms with Gasteiger partial charge in [0, 0.05) is 35.6 Å². The molecule has 2 fully saturated rings. The molecule has 2 rings (SSSR count). The van der Waals surface area contributed by atoms with Crippen molar-refractivity contribution >= 4 is 24.1 Å². The van der Waals surface area contributed by atoms with Crippen molar-refractivity contribution in [2.45, 2.75) is 64.2 Å². The molecule has 100 valence electrons. The zero-order valence-electron chi connectivity index (χ0n) is 10.9. The molecule has 0 aromatic rings. The molecule has 0 unspecified atom stereocenters. The average molecular weight is 274 g/mol. The van der Waals surface area contributed by atoms with E-state index in [4.69, 9.17) is 3.63 Å². The molecule has 0 bridgehead atoms. The lowest BCUT2D eigenvalue weighted by Crippen LogP contribution is -2.09. The molecule has 0 amide bonds. The van der Waals surface area contributed by atoms with E-state index < -0.39 is 0 Å². The molecular weight excluding hydrogens is 248 g/mol. The monoisotopic (exact) mass is 274 g/mol. The molecule has 1 nitrogen and oxygen atoms in total. The zero-order chi connectivity index (χ0) is 11.8. The van der Waals surface area contributed by atoms with Crippen LogP contribution in [0.25, 0.3) is 0 Å². The maximum Gasteiger partial charge on any atom is 0.0238 e. The predicted octanol–water partition coefficient (Wildman–Crippen LogP) is 5.46. The van der Waals surface area contributed by atoms with Crippen molar-refractivity contribution in [1.29, 1.82) is 0 Å². The Kier molecular flexibility index (Phi) is 7.21.